The minimum absolute atomic E-state index is 0.121. The van der Waals surface area contributed by atoms with E-state index >= 15 is 0 Å². The van der Waals surface area contributed by atoms with E-state index < -0.39 is 5.97 Å². The van der Waals surface area contributed by atoms with Crippen LogP contribution in [0.25, 0.3) is 0 Å². The molecule has 0 aliphatic heterocycles. The zero-order valence-corrected chi connectivity index (χ0v) is 11.6. The molecule has 2 rings (SSSR count). The van der Waals surface area contributed by atoms with Gasteiger partial charge in [-0.25, -0.2) is 4.79 Å². The van der Waals surface area contributed by atoms with Crippen molar-refractivity contribution in [2.45, 2.75) is 6.42 Å². The smallest absolute Gasteiger partial charge is 0.337 e. The van der Waals surface area contributed by atoms with Gasteiger partial charge < -0.3 is 16.2 Å². The van der Waals surface area contributed by atoms with Gasteiger partial charge in [0.1, 0.15) is 0 Å². The molecule has 0 radical (unpaired) electrons. The molecule has 0 aliphatic carbocycles. The summed E-state index contributed by atoms with van der Waals surface area (Å²) in [7, 11) is 0. The Morgan fingerprint density at radius 3 is 2.74 bits per heavy atom. The van der Waals surface area contributed by atoms with Crippen LogP contribution in [0.15, 0.2) is 30.3 Å². The molecular formula is C13H13ClN2O2S. The number of hydrogen-bond acceptors (Lipinski definition) is 4. The molecule has 19 heavy (non-hydrogen) atoms. The van der Waals surface area contributed by atoms with E-state index in [9.17, 15) is 4.79 Å². The number of carboxylic acids is 1. The van der Waals surface area contributed by atoms with E-state index in [0.29, 0.717) is 0 Å². The molecule has 0 unspecified atom stereocenters. The van der Waals surface area contributed by atoms with E-state index in [-0.39, 0.29) is 11.3 Å². The third-order valence-electron chi connectivity index (χ3n) is 2.61. The maximum absolute atomic E-state index is 10.8. The molecule has 0 saturated carbocycles. The first-order chi connectivity index (χ1) is 9.06. The van der Waals surface area contributed by atoms with Gasteiger partial charge in [0.15, 0.2) is 0 Å². The Bertz CT molecular complexity index is 598. The fourth-order valence-electron chi connectivity index (χ4n) is 1.68. The molecule has 0 spiro atoms. The van der Waals surface area contributed by atoms with Gasteiger partial charge in [-0.1, -0.05) is 11.6 Å². The zero-order valence-electron chi connectivity index (χ0n) is 10.0. The van der Waals surface area contributed by atoms with Crippen LogP contribution in [0.5, 0.6) is 0 Å². The Morgan fingerprint density at radius 2 is 2.16 bits per heavy atom. The van der Waals surface area contributed by atoms with Crippen LogP contribution in [0.2, 0.25) is 4.34 Å². The van der Waals surface area contributed by atoms with Crippen LogP contribution in [-0.4, -0.2) is 17.6 Å². The lowest BCUT2D eigenvalue weighted by Crippen LogP contribution is -2.06. The van der Waals surface area contributed by atoms with E-state index in [1.54, 1.807) is 23.5 Å². The molecule has 4 nitrogen and oxygen atoms in total. The summed E-state index contributed by atoms with van der Waals surface area (Å²) < 4.78 is 0.782. The number of anilines is 2. The molecule has 1 aromatic carbocycles. The van der Waals surface area contributed by atoms with Crippen molar-refractivity contribution in [1.29, 1.82) is 0 Å². The molecule has 1 aromatic heterocycles. The Kier molecular flexibility index (Phi) is 4.29. The number of aromatic carboxylic acids is 1. The normalized spacial score (nSPS) is 10.4. The van der Waals surface area contributed by atoms with Crippen molar-refractivity contribution >= 4 is 40.3 Å². The van der Waals surface area contributed by atoms with Gasteiger partial charge in [-0.15, -0.1) is 11.3 Å². The summed E-state index contributed by atoms with van der Waals surface area (Å²) in [5.41, 5.74) is 6.86. The number of nitrogens with two attached hydrogens (primary N) is 1. The fraction of sp³-hybridized carbons (Fsp3) is 0.154. The van der Waals surface area contributed by atoms with Crippen molar-refractivity contribution in [2.75, 3.05) is 17.6 Å². The molecule has 0 saturated heterocycles. The highest BCUT2D eigenvalue weighted by atomic mass is 35.5. The third-order valence-corrected chi connectivity index (χ3v) is 3.90. The molecule has 1 heterocycles. The quantitative estimate of drug-likeness (QED) is 0.740. The van der Waals surface area contributed by atoms with Crippen molar-refractivity contribution in [3.63, 3.8) is 0 Å². The summed E-state index contributed by atoms with van der Waals surface area (Å²) >= 11 is 7.41. The number of carboxylic acid groups (broad SMARTS) is 1. The molecule has 0 fully saturated rings. The summed E-state index contributed by atoms with van der Waals surface area (Å²) in [4.78, 5) is 12.0. The highest BCUT2D eigenvalue weighted by Gasteiger charge is 2.07. The lowest BCUT2D eigenvalue weighted by Gasteiger charge is -2.08. The first-order valence-corrected chi connectivity index (χ1v) is 6.86. The van der Waals surface area contributed by atoms with Gasteiger partial charge in [0.2, 0.25) is 0 Å². The molecule has 0 atom stereocenters. The lowest BCUT2D eigenvalue weighted by atomic mass is 10.1. The number of thiophene rings is 1. The van der Waals surface area contributed by atoms with Crippen LogP contribution in [0, 0.1) is 0 Å². The van der Waals surface area contributed by atoms with Gasteiger partial charge in [0.05, 0.1) is 9.90 Å². The number of rotatable bonds is 5. The van der Waals surface area contributed by atoms with Crippen LogP contribution >= 0.6 is 22.9 Å². The molecule has 6 heteroatoms. The Labute approximate surface area is 119 Å². The van der Waals surface area contributed by atoms with Gasteiger partial charge in [0.25, 0.3) is 0 Å². The Balaban J connectivity index is 1.93. The van der Waals surface area contributed by atoms with Crippen molar-refractivity contribution in [2.24, 2.45) is 0 Å². The number of nitrogens with one attached hydrogen (secondary N) is 1. The fourth-order valence-corrected chi connectivity index (χ4v) is 2.77. The van der Waals surface area contributed by atoms with E-state index in [4.69, 9.17) is 22.4 Å². The highest BCUT2D eigenvalue weighted by molar-refractivity contribution is 7.16. The number of halogens is 1. The van der Waals surface area contributed by atoms with E-state index in [2.05, 4.69) is 5.32 Å². The van der Waals surface area contributed by atoms with E-state index in [0.717, 1.165) is 23.0 Å². The Morgan fingerprint density at radius 1 is 1.37 bits per heavy atom. The average molecular weight is 297 g/mol. The zero-order chi connectivity index (χ0) is 13.8. The third kappa shape index (κ3) is 3.62. The van der Waals surface area contributed by atoms with Crippen LogP contribution in [-0.2, 0) is 6.42 Å². The summed E-state index contributed by atoms with van der Waals surface area (Å²) in [6.45, 7) is 0.739. The molecule has 100 valence electrons. The van der Waals surface area contributed by atoms with Crippen molar-refractivity contribution in [3.8, 4) is 0 Å². The standard InChI is InChI=1S/C13H13ClN2O2S/c14-12-4-2-9(19-12)5-6-16-8-1-3-10(13(17)18)11(15)7-8/h1-4,7,16H,5-6,15H2,(H,17,18). The van der Waals surface area contributed by atoms with Crippen LogP contribution in [0.1, 0.15) is 15.2 Å². The van der Waals surface area contributed by atoms with Crippen molar-refractivity contribution in [1.82, 2.24) is 0 Å². The number of carbonyl (C=O) groups is 1. The molecule has 0 amide bonds. The van der Waals surface area contributed by atoms with Crippen LogP contribution in [0.4, 0.5) is 11.4 Å². The summed E-state index contributed by atoms with van der Waals surface area (Å²) in [5, 5.41) is 12.1. The van der Waals surface area contributed by atoms with Gasteiger partial charge in [-0.05, 0) is 36.8 Å². The minimum Gasteiger partial charge on any atom is -0.478 e. The van der Waals surface area contributed by atoms with E-state index in [1.165, 1.54) is 10.9 Å². The van der Waals surface area contributed by atoms with Gasteiger partial charge in [0, 0.05) is 22.8 Å². The molecule has 2 aromatic rings. The number of nitrogen functional groups attached to an aromatic ring is 1. The molecular weight excluding hydrogens is 284 g/mol. The van der Waals surface area contributed by atoms with E-state index in [1.807, 2.05) is 12.1 Å². The van der Waals surface area contributed by atoms with Gasteiger partial charge >= 0.3 is 5.97 Å². The van der Waals surface area contributed by atoms with Crippen LogP contribution < -0.4 is 11.1 Å². The maximum atomic E-state index is 10.8. The predicted molar refractivity (Wildman–Crippen MR) is 79.3 cm³/mol. The van der Waals surface area contributed by atoms with Gasteiger partial charge in [-0.3, -0.25) is 0 Å². The topological polar surface area (TPSA) is 75.3 Å². The van der Waals surface area contributed by atoms with Crippen LogP contribution in [0.3, 0.4) is 0 Å². The summed E-state index contributed by atoms with van der Waals surface area (Å²) in [5.74, 6) is -1.02. The molecule has 0 aliphatic rings. The second kappa shape index (κ2) is 5.95. The molecule has 0 bridgehead atoms. The largest absolute Gasteiger partial charge is 0.478 e. The molecule has 4 N–H and O–H groups in total. The highest BCUT2D eigenvalue weighted by Crippen LogP contribution is 2.22. The first kappa shape index (κ1) is 13.7. The van der Waals surface area contributed by atoms with Gasteiger partial charge in [-0.2, -0.15) is 0 Å². The SMILES string of the molecule is Nc1cc(NCCc2ccc(Cl)s2)ccc1C(=O)O. The van der Waals surface area contributed by atoms with Crippen molar-refractivity contribution < 1.29 is 9.90 Å². The Hall–Kier alpha value is -1.72. The minimum atomic E-state index is -1.02. The summed E-state index contributed by atoms with van der Waals surface area (Å²) in [6.07, 6.45) is 0.859. The second-order valence-corrected chi connectivity index (χ2v) is 5.79. The second-order valence-electron chi connectivity index (χ2n) is 3.99. The number of hydrogen-bond donors (Lipinski definition) is 3. The average Bonchev–Trinajstić information content (AvgIpc) is 2.75. The maximum Gasteiger partial charge on any atom is 0.337 e. The predicted octanol–water partition coefficient (Wildman–Crippen LogP) is 3.34. The summed E-state index contributed by atoms with van der Waals surface area (Å²) in [6, 6.07) is 8.71. The number of benzene rings is 1. The van der Waals surface area contributed by atoms with Crippen molar-refractivity contribution in [3.05, 3.63) is 45.1 Å². The first-order valence-electron chi connectivity index (χ1n) is 5.67. The lowest BCUT2D eigenvalue weighted by molar-refractivity contribution is 0.0698. The monoisotopic (exact) mass is 296 g/mol.